The van der Waals surface area contributed by atoms with Gasteiger partial charge in [-0.05, 0) is 32.1 Å². The zero-order valence-corrected chi connectivity index (χ0v) is 13.8. The van der Waals surface area contributed by atoms with Gasteiger partial charge in [0.1, 0.15) is 5.75 Å². The number of hydrogen-bond acceptors (Lipinski definition) is 5. The summed E-state index contributed by atoms with van der Waals surface area (Å²) in [4.78, 5) is 16.8. The van der Waals surface area contributed by atoms with Crippen molar-refractivity contribution in [1.29, 1.82) is 0 Å². The van der Waals surface area contributed by atoms with Crippen LogP contribution in [0.1, 0.15) is 11.1 Å². The highest BCUT2D eigenvalue weighted by molar-refractivity contribution is 5.84. The van der Waals surface area contributed by atoms with Crippen LogP contribution in [0.5, 0.6) is 5.75 Å². The maximum absolute atomic E-state index is 10.8. The molecule has 6 nitrogen and oxygen atoms in total. The number of rotatable bonds is 7. The van der Waals surface area contributed by atoms with Crippen LogP contribution < -0.4 is 0 Å². The molecule has 2 aromatic carbocycles. The minimum absolute atomic E-state index is 0.0196. The van der Waals surface area contributed by atoms with Crippen LogP contribution >= 0.6 is 0 Å². The maximum atomic E-state index is 10.8. The van der Waals surface area contributed by atoms with Crippen molar-refractivity contribution < 1.29 is 10.0 Å². The largest absolute Gasteiger partial charge is 0.507 e. The first-order chi connectivity index (χ1) is 11.5. The predicted molar refractivity (Wildman–Crippen MR) is 94.8 cm³/mol. The lowest BCUT2D eigenvalue weighted by Crippen LogP contribution is -2.32. The van der Waals surface area contributed by atoms with E-state index in [1.807, 2.05) is 32.3 Å². The molecule has 0 amide bonds. The fraction of sp³-hybridized carbons (Fsp3) is 0.278. The molecule has 2 rings (SSSR count). The lowest BCUT2D eigenvalue weighted by Gasteiger charge is -2.22. The van der Waals surface area contributed by atoms with Crippen LogP contribution in [0.15, 0.2) is 53.5 Å². The summed E-state index contributed by atoms with van der Waals surface area (Å²) < 4.78 is 0. The number of phenolic OH excluding ortho intramolecular Hbond substituents is 1. The topological polar surface area (TPSA) is 79.0 Å². The first-order valence-electron chi connectivity index (χ1n) is 7.65. The number of hydrogen-bond donors (Lipinski definition) is 1. The van der Waals surface area contributed by atoms with Gasteiger partial charge in [-0.2, -0.15) is 0 Å². The third kappa shape index (κ3) is 4.89. The molecule has 0 saturated heterocycles. The highest BCUT2D eigenvalue weighted by Gasteiger charge is 2.12. The molecule has 0 unspecified atom stereocenters. The highest BCUT2D eigenvalue weighted by Crippen LogP contribution is 2.21. The fourth-order valence-corrected chi connectivity index (χ4v) is 2.33. The third-order valence-electron chi connectivity index (χ3n) is 3.81. The normalized spacial score (nSPS) is 12.6. The maximum Gasteiger partial charge on any atom is 0.270 e. The second-order valence-corrected chi connectivity index (χ2v) is 5.80. The van der Waals surface area contributed by atoms with E-state index in [4.69, 9.17) is 0 Å². The van der Waals surface area contributed by atoms with Gasteiger partial charge < -0.3 is 10.0 Å². The summed E-state index contributed by atoms with van der Waals surface area (Å²) >= 11 is 0. The van der Waals surface area contributed by atoms with Gasteiger partial charge in [-0.1, -0.05) is 30.3 Å². The average Bonchev–Trinajstić information content (AvgIpc) is 2.56. The van der Waals surface area contributed by atoms with Gasteiger partial charge in [0.2, 0.25) is 0 Å². The Hall–Kier alpha value is -2.73. The molecule has 0 spiro atoms. The molecule has 0 radical (unpaired) electrons. The van der Waals surface area contributed by atoms with Crippen molar-refractivity contribution in [3.05, 3.63) is 69.8 Å². The van der Waals surface area contributed by atoms with E-state index in [-0.39, 0.29) is 17.5 Å². The Bertz CT molecular complexity index is 715. The zero-order chi connectivity index (χ0) is 17.5. The first kappa shape index (κ1) is 17.6. The number of phenols is 1. The van der Waals surface area contributed by atoms with E-state index >= 15 is 0 Å². The fourth-order valence-electron chi connectivity index (χ4n) is 2.33. The van der Waals surface area contributed by atoms with E-state index in [2.05, 4.69) is 22.0 Å². The van der Waals surface area contributed by atoms with Crippen molar-refractivity contribution in [2.24, 2.45) is 4.99 Å². The van der Waals surface area contributed by atoms with Crippen LogP contribution in [0, 0.1) is 10.1 Å². The van der Waals surface area contributed by atoms with Crippen molar-refractivity contribution in [2.45, 2.75) is 12.5 Å². The quantitative estimate of drug-likeness (QED) is 0.482. The molecule has 0 aliphatic carbocycles. The molecule has 1 N–H and O–H groups in total. The van der Waals surface area contributed by atoms with Gasteiger partial charge in [0.15, 0.2) is 0 Å². The van der Waals surface area contributed by atoms with E-state index in [1.54, 1.807) is 0 Å². The Balaban J connectivity index is 2.07. The van der Waals surface area contributed by atoms with Gasteiger partial charge in [-0.25, -0.2) is 0 Å². The Morgan fingerprint density at radius 3 is 2.58 bits per heavy atom. The number of nitrogens with zero attached hydrogens (tertiary/aromatic N) is 3. The Morgan fingerprint density at radius 2 is 1.96 bits per heavy atom. The smallest absolute Gasteiger partial charge is 0.270 e. The van der Waals surface area contributed by atoms with Gasteiger partial charge in [0.25, 0.3) is 5.69 Å². The standard InChI is InChI=1S/C18H21N3O3/c1-20(2)17(10-14-6-4-3-5-7-14)13-19-12-15-11-16(21(23)24)8-9-18(15)22/h3-9,11-12,17,22H,10,13H2,1-2H3/t17-/m0/s1. The number of likely N-dealkylation sites (N-methyl/N-ethyl adjacent to an activating group) is 1. The van der Waals surface area contributed by atoms with Crippen LogP contribution in [0.2, 0.25) is 0 Å². The van der Waals surface area contributed by atoms with Gasteiger partial charge in [0, 0.05) is 30.0 Å². The number of aliphatic imine (C=N–C) groups is 1. The van der Waals surface area contributed by atoms with Crippen LogP contribution in [0.25, 0.3) is 0 Å². The molecule has 0 saturated carbocycles. The Kier molecular flexibility index (Phi) is 6.03. The van der Waals surface area contributed by atoms with Gasteiger partial charge in [-0.3, -0.25) is 15.1 Å². The molecule has 2 aromatic rings. The molecule has 0 bridgehead atoms. The van der Waals surface area contributed by atoms with Gasteiger partial charge >= 0.3 is 0 Å². The molecule has 24 heavy (non-hydrogen) atoms. The van der Waals surface area contributed by atoms with E-state index in [0.29, 0.717) is 12.1 Å². The second-order valence-electron chi connectivity index (χ2n) is 5.80. The van der Waals surface area contributed by atoms with E-state index in [9.17, 15) is 15.2 Å². The summed E-state index contributed by atoms with van der Waals surface area (Å²) in [5.41, 5.74) is 1.51. The second kappa shape index (κ2) is 8.21. The monoisotopic (exact) mass is 327 g/mol. The molecule has 0 fully saturated rings. The SMILES string of the molecule is CN(C)[C@H](CN=Cc1cc([N+](=O)[O-])ccc1O)Cc1ccccc1. The number of nitro benzene ring substituents is 1. The van der Waals surface area contributed by atoms with Crippen LogP contribution in [-0.4, -0.2) is 47.8 Å². The number of benzene rings is 2. The van der Waals surface area contributed by atoms with Crippen LogP contribution in [-0.2, 0) is 6.42 Å². The minimum atomic E-state index is -0.491. The van der Waals surface area contributed by atoms with Crippen molar-refractivity contribution in [3.63, 3.8) is 0 Å². The molecule has 6 heteroatoms. The van der Waals surface area contributed by atoms with Gasteiger partial charge in [-0.15, -0.1) is 0 Å². The lowest BCUT2D eigenvalue weighted by molar-refractivity contribution is -0.384. The van der Waals surface area contributed by atoms with Crippen molar-refractivity contribution in [1.82, 2.24) is 4.90 Å². The summed E-state index contributed by atoms with van der Waals surface area (Å²) in [6.45, 7) is 0.532. The number of aromatic hydroxyl groups is 1. The number of non-ortho nitro benzene ring substituents is 1. The van der Waals surface area contributed by atoms with Crippen molar-refractivity contribution in [2.75, 3.05) is 20.6 Å². The first-order valence-corrected chi connectivity index (χ1v) is 7.65. The lowest BCUT2D eigenvalue weighted by atomic mass is 10.1. The molecule has 1 atom stereocenters. The van der Waals surface area contributed by atoms with Crippen LogP contribution in [0.4, 0.5) is 5.69 Å². The minimum Gasteiger partial charge on any atom is -0.507 e. The van der Waals surface area contributed by atoms with Crippen molar-refractivity contribution in [3.8, 4) is 5.75 Å². The third-order valence-corrected chi connectivity index (χ3v) is 3.81. The summed E-state index contributed by atoms with van der Waals surface area (Å²) in [5, 5.41) is 20.6. The summed E-state index contributed by atoms with van der Waals surface area (Å²) in [5.74, 6) is -0.0196. The predicted octanol–water partition coefficient (Wildman–Crippen LogP) is 2.89. The van der Waals surface area contributed by atoms with E-state index in [1.165, 1.54) is 30.0 Å². The molecule has 0 aromatic heterocycles. The van der Waals surface area contributed by atoms with E-state index in [0.717, 1.165) is 6.42 Å². The molecular formula is C18H21N3O3. The summed E-state index contributed by atoms with van der Waals surface area (Å²) in [6, 6.07) is 14.2. The molecule has 0 aliphatic rings. The van der Waals surface area contributed by atoms with Crippen molar-refractivity contribution >= 4 is 11.9 Å². The van der Waals surface area contributed by atoms with Gasteiger partial charge in [0.05, 0.1) is 11.5 Å². The summed E-state index contributed by atoms with van der Waals surface area (Å²) in [7, 11) is 3.99. The molecule has 0 heterocycles. The Morgan fingerprint density at radius 1 is 1.25 bits per heavy atom. The zero-order valence-electron chi connectivity index (χ0n) is 13.8. The van der Waals surface area contributed by atoms with E-state index < -0.39 is 4.92 Å². The highest BCUT2D eigenvalue weighted by atomic mass is 16.6. The number of nitro groups is 1. The molecule has 126 valence electrons. The molecular weight excluding hydrogens is 306 g/mol. The summed E-state index contributed by atoms with van der Waals surface area (Å²) in [6.07, 6.45) is 2.34. The van der Waals surface area contributed by atoms with Crippen LogP contribution in [0.3, 0.4) is 0 Å². The molecule has 0 aliphatic heterocycles. The average molecular weight is 327 g/mol. The Labute approximate surface area is 141 Å².